The Labute approximate surface area is 142 Å². The lowest BCUT2D eigenvalue weighted by atomic mass is 9.85. The first-order valence-corrected chi connectivity index (χ1v) is 8.63. The summed E-state index contributed by atoms with van der Waals surface area (Å²) in [5, 5.41) is 9.71. The quantitative estimate of drug-likeness (QED) is 0.942. The zero-order valence-corrected chi connectivity index (χ0v) is 13.6. The molecule has 1 aromatic carbocycles. The highest BCUT2D eigenvalue weighted by atomic mass is 16.4. The fourth-order valence-electron chi connectivity index (χ4n) is 4.47. The number of nitrogens with zero attached hydrogens (tertiary/aromatic N) is 2. The Hall–Kier alpha value is -2.20. The van der Waals surface area contributed by atoms with Crippen LogP contribution >= 0.6 is 0 Å². The molecule has 4 rings (SSSR count). The number of likely N-dealkylation sites (tertiary alicyclic amines) is 1. The van der Waals surface area contributed by atoms with Crippen LogP contribution in [-0.4, -0.2) is 34.0 Å². The number of aromatic nitrogens is 1. The average Bonchev–Trinajstić information content (AvgIpc) is 2.71. The van der Waals surface area contributed by atoms with Gasteiger partial charge in [-0.2, -0.15) is 0 Å². The molecule has 0 spiro atoms. The topological polar surface area (TPSA) is 53.4 Å². The van der Waals surface area contributed by atoms with Crippen LogP contribution in [0.15, 0.2) is 48.8 Å². The maximum Gasteiger partial charge on any atom is 0.310 e. The molecule has 24 heavy (non-hydrogen) atoms. The summed E-state index contributed by atoms with van der Waals surface area (Å²) in [6, 6.07) is 12.2. The molecule has 2 aliphatic rings. The number of carboxylic acids is 1. The van der Waals surface area contributed by atoms with Gasteiger partial charge in [0, 0.05) is 32.0 Å². The lowest BCUT2D eigenvalue weighted by molar-refractivity contribution is -0.139. The van der Waals surface area contributed by atoms with Crippen molar-refractivity contribution in [1.82, 2.24) is 9.88 Å². The van der Waals surface area contributed by atoms with Crippen LogP contribution in [0.25, 0.3) is 0 Å². The molecule has 3 atom stereocenters. The molecule has 0 amide bonds. The Bertz CT molecular complexity index is 731. The van der Waals surface area contributed by atoms with Crippen LogP contribution in [0.4, 0.5) is 0 Å². The molecule has 1 aliphatic carbocycles. The van der Waals surface area contributed by atoms with Crippen LogP contribution in [0.5, 0.6) is 0 Å². The van der Waals surface area contributed by atoms with Gasteiger partial charge in [-0.25, -0.2) is 0 Å². The molecule has 2 heterocycles. The number of fused-ring (bicyclic) bond motifs is 4. The van der Waals surface area contributed by atoms with Crippen molar-refractivity contribution in [3.05, 3.63) is 65.5 Å². The summed E-state index contributed by atoms with van der Waals surface area (Å²) in [5.74, 6) is -0.182. The van der Waals surface area contributed by atoms with Crippen LogP contribution in [0.2, 0.25) is 0 Å². The number of hydrogen-bond donors (Lipinski definition) is 1. The molecule has 2 unspecified atom stereocenters. The van der Waals surface area contributed by atoms with E-state index in [-0.39, 0.29) is 5.92 Å². The molecule has 4 nitrogen and oxygen atoms in total. The first-order valence-electron chi connectivity index (χ1n) is 8.63. The van der Waals surface area contributed by atoms with Gasteiger partial charge < -0.3 is 5.11 Å². The van der Waals surface area contributed by atoms with Gasteiger partial charge in [0.05, 0.1) is 5.92 Å². The molecule has 0 radical (unpaired) electrons. The molecule has 4 heteroatoms. The van der Waals surface area contributed by atoms with Gasteiger partial charge in [0.15, 0.2) is 0 Å². The molecular formula is C20H22N2O2. The second-order valence-corrected chi connectivity index (χ2v) is 7.11. The van der Waals surface area contributed by atoms with Crippen molar-refractivity contribution >= 4 is 5.97 Å². The van der Waals surface area contributed by atoms with E-state index in [2.05, 4.69) is 22.0 Å². The number of carboxylic acid groups (broad SMARTS) is 1. The summed E-state index contributed by atoms with van der Waals surface area (Å²) in [6.07, 6.45) is 5.57. The monoisotopic (exact) mass is 322 g/mol. The molecule has 1 N–H and O–H groups in total. The minimum Gasteiger partial charge on any atom is -0.481 e. The van der Waals surface area contributed by atoms with Crippen molar-refractivity contribution in [2.75, 3.05) is 13.1 Å². The molecule has 2 aromatic rings. The van der Waals surface area contributed by atoms with Crippen LogP contribution in [0.1, 0.15) is 41.4 Å². The summed E-state index contributed by atoms with van der Waals surface area (Å²) in [4.78, 5) is 18.5. The molecule has 2 bridgehead atoms. The molecule has 1 aromatic heterocycles. The van der Waals surface area contributed by atoms with E-state index in [1.807, 2.05) is 30.5 Å². The Morgan fingerprint density at radius 3 is 2.71 bits per heavy atom. The fourth-order valence-corrected chi connectivity index (χ4v) is 4.47. The van der Waals surface area contributed by atoms with Crippen molar-refractivity contribution in [2.45, 2.75) is 31.2 Å². The van der Waals surface area contributed by atoms with Crippen LogP contribution in [0.3, 0.4) is 0 Å². The van der Waals surface area contributed by atoms with Gasteiger partial charge in [0.1, 0.15) is 0 Å². The van der Waals surface area contributed by atoms with Crippen molar-refractivity contribution in [3.8, 4) is 0 Å². The number of benzene rings is 1. The Balaban J connectivity index is 1.63. The van der Waals surface area contributed by atoms with Gasteiger partial charge in [-0.15, -0.1) is 0 Å². The lowest BCUT2D eigenvalue weighted by Gasteiger charge is -2.37. The number of aliphatic carboxylic acids is 1. The second-order valence-electron chi connectivity index (χ2n) is 7.11. The van der Waals surface area contributed by atoms with Gasteiger partial charge in [-0.3, -0.25) is 14.7 Å². The van der Waals surface area contributed by atoms with Gasteiger partial charge in [0.25, 0.3) is 0 Å². The van der Waals surface area contributed by atoms with E-state index in [0.29, 0.717) is 11.8 Å². The van der Waals surface area contributed by atoms with Crippen molar-refractivity contribution in [2.24, 2.45) is 5.92 Å². The first kappa shape index (κ1) is 15.3. The molecule has 0 saturated carbocycles. The third-order valence-corrected chi connectivity index (χ3v) is 5.42. The number of hydrogen-bond acceptors (Lipinski definition) is 3. The maximum atomic E-state index is 11.8. The second kappa shape index (κ2) is 6.36. The van der Waals surface area contributed by atoms with Crippen molar-refractivity contribution < 1.29 is 9.90 Å². The number of carbonyl (C=O) groups is 1. The van der Waals surface area contributed by atoms with Crippen LogP contribution < -0.4 is 0 Å². The first-order chi connectivity index (χ1) is 11.7. The highest BCUT2D eigenvalue weighted by molar-refractivity contribution is 5.77. The highest BCUT2D eigenvalue weighted by Gasteiger charge is 2.37. The fraction of sp³-hybridized carbons (Fsp3) is 0.400. The molecule has 1 fully saturated rings. The van der Waals surface area contributed by atoms with E-state index in [1.165, 1.54) is 11.1 Å². The summed E-state index contributed by atoms with van der Waals surface area (Å²) in [5.41, 5.74) is 3.49. The predicted molar refractivity (Wildman–Crippen MR) is 91.8 cm³/mol. The maximum absolute atomic E-state index is 11.8. The zero-order valence-electron chi connectivity index (χ0n) is 13.6. The number of rotatable bonds is 3. The lowest BCUT2D eigenvalue weighted by Crippen LogP contribution is -2.38. The average molecular weight is 322 g/mol. The van der Waals surface area contributed by atoms with E-state index in [9.17, 15) is 9.90 Å². The van der Waals surface area contributed by atoms with E-state index >= 15 is 0 Å². The molecule has 1 saturated heterocycles. The summed E-state index contributed by atoms with van der Waals surface area (Å²) < 4.78 is 0. The van der Waals surface area contributed by atoms with E-state index in [1.54, 1.807) is 6.20 Å². The minimum absolute atomic E-state index is 0.366. The Kier molecular flexibility index (Phi) is 4.07. The van der Waals surface area contributed by atoms with Crippen LogP contribution in [-0.2, 0) is 11.3 Å². The third kappa shape index (κ3) is 2.94. The summed E-state index contributed by atoms with van der Waals surface area (Å²) >= 11 is 0. The van der Waals surface area contributed by atoms with Gasteiger partial charge in [-0.1, -0.05) is 30.3 Å². The summed E-state index contributed by atoms with van der Waals surface area (Å²) in [6.45, 7) is 2.86. The van der Waals surface area contributed by atoms with Gasteiger partial charge in [0.2, 0.25) is 0 Å². The summed E-state index contributed by atoms with van der Waals surface area (Å²) in [7, 11) is 0. The number of piperidine rings is 1. The van der Waals surface area contributed by atoms with Crippen molar-refractivity contribution in [1.29, 1.82) is 0 Å². The van der Waals surface area contributed by atoms with Crippen molar-refractivity contribution in [3.63, 3.8) is 0 Å². The predicted octanol–water partition coefficient (Wildman–Crippen LogP) is 3.26. The van der Waals surface area contributed by atoms with E-state index in [0.717, 1.165) is 38.0 Å². The molecule has 1 aliphatic heterocycles. The Morgan fingerprint density at radius 1 is 1.12 bits per heavy atom. The third-order valence-electron chi connectivity index (χ3n) is 5.42. The van der Waals surface area contributed by atoms with E-state index in [4.69, 9.17) is 0 Å². The largest absolute Gasteiger partial charge is 0.481 e. The van der Waals surface area contributed by atoms with Gasteiger partial charge >= 0.3 is 5.97 Å². The molecule has 124 valence electrons. The standard InChI is InChI=1S/C20H22N2O2/c23-20(24)19-9-15-8-16(17-5-1-2-6-18(17)19)13-22(12-15)11-14-4-3-7-21-10-14/h1-7,10,15-16,19H,8-9,11-13H2,(H,23,24)/t15?,16-,19?/m1/s1. The Morgan fingerprint density at radius 2 is 1.96 bits per heavy atom. The zero-order chi connectivity index (χ0) is 16.5. The van der Waals surface area contributed by atoms with Gasteiger partial charge in [-0.05, 0) is 47.4 Å². The normalized spacial score (nSPS) is 26.4. The van der Waals surface area contributed by atoms with E-state index < -0.39 is 5.97 Å². The highest BCUT2D eigenvalue weighted by Crippen LogP contribution is 2.43. The SMILES string of the molecule is O=C(O)C1CC2C[C@H](CN(Cc3cccnc3)C2)c2ccccc21. The van der Waals surface area contributed by atoms with Crippen LogP contribution in [0, 0.1) is 5.92 Å². The smallest absolute Gasteiger partial charge is 0.310 e. The number of pyridine rings is 1. The molecular weight excluding hydrogens is 300 g/mol. The minimum atomic E-state index is -0.686.